The standard InChI is InChI=1S/C17H21F3N2O3/c1-11-6-4-5-9-22(11)14-8-7-12(10-13(14)15(23)25-3)21(2)16(24)17(18,19)20/h7-8,10-11H,4-6,9H2,1-3H3/t11-/m1/s1. The Labute approximate surface area is 144 Å². The second-order valence-corrected chi connectivity index (χ2v) is 6.09. The van der Waals surface area contributed by atoms with Crippen molar-refractivity contribution in [3.63, 3.8) is 0 Å². The molecular weight excluding hydrogens is 337 g/mol. The largest absolute Gasteiger partial charge is 0.471 e. The van der Waals surface area contributed by atoms with Crippen molar-refractivity contribution in [1.29, 1.82) is 0 Å². The van der Waals surface area contributed by atoms with Crippen LogP contribution in [-0.4, -0.2) is 44.8 Å². The van der Waals surface area contributed by atoms with Gasteiger partial charge in [-0.05, 0) is 44.4 Å². The van der Waals surface area contributed by atoms with Gasteiger partial charge in [-0.2, -0.15) is 13.2 Å². The number of carbonyl (C=O) groups is 2. The van der Waals surface area contributed by atoms with E-state index in [4.69, 9.17) is 4.74 Å². The summed E-state index contributed by atoms with van der Waals surface area (Å²) in [7, 11) is 2.23. The Kier molecular flexibility index (Phi) is 5.59. The van der Waals surface area contributed by atoms with Crippen LogP contribution in [0.25, 0.3) is 0 Å². The lowest BCUT2D eigenvalue weighted by atomic mass is 10.0. The van der Waals surface area contributed by atoms with Gasteiger partial charge in [0.15, 0.2) is 0 Å². The molecule has 1 atom stereocenters. The van der Waals surface area contributed by atoms with Crippen LogP contribution in [0, 0.1) is 0 Å². The number of amides is 1. The lowest BCUT2D eigenvalue weighted by Crippen LogP contribution is -2.39. The summed E-state index contributed by atoms with van der Waals surface area (Å²) < 4.78 is 42.7. The molecule has 1 aromatic rings. The maximum absolute atomic E-state index is 12.6. The number of anilines is 2. The van der Waals surface area contributed by atoms with Gasteiger partial charge in [0.05, 0.1) is 18.4 Å². The lowest BCUT2D eigenvalue weighted by Gasteiger charge is -2.36. The zero-order chi connectivity index (χ0) is 18.8. The van der Waals surface area contributed by atoms with Gasteiger partial charge in [-0.3, -0.25) is 4.79 Å². The summed E-state index contributed by atoms with van der Waals surface area (Å²) in [5, 5.41) is 0. The molecule has 0 N–H and O–H groups in total. The van der Waals surface area contributed by atoms with Gasteiger partial charge in [-0.1, -0.05) is 0 Å². The van der Waals surface area contributed by atoms with Crippen LogP contribution < -0.4 is 9.80 Å². The van der Waals surface area contributed by atoms with Crippen LogP contribution in [0.5, 0.6) is 0 Å². The van der Waals surface area contributed by atoms with E-state index < -0.39 is 18.1 Å². The quantitative estimate of drug-likeness (QED) is 0.778. The van der Waals surface area contributed by atoms with Crippen LogP contribution in [-0.2, 0) is 9.53 Å². The number of hydrogen-bond donors (Lipinski definition) is 0. The lowest BCUT2D eigenvalue weighted by molar-refractivity contribution is -0.170. The normalized spacial score (nSPS) is 18.0. The van der Waals surface area contributed by atoms with E-state index in [-0.39, 0.29) is 17.3 Å². The number of rotatable bonds is 3. The Hall–Kier alpha value is -2.25. The molecule has 1 aromatic carbocycles. The van der Waals surface area contributed by atoms with E-state index in [0.717, 1.165) is 32.9 Å². The first-order chi connectivity index (χ1) is 11.7. The number of piperidine rings is 1. The third-order valence-corrected chi connectivity index (χ3v) is 4.43. The van der Waals surface area contributed by atoms with E-state index in [1.807, 2.05) is 11.8 Å². The molecule has 0 aromatic heterocycles. The highest BCUT2D eigenvalue weighted by Crippen LogP contribution is 2.32. The van der Waals surface area contributed by atoms with Gasteiger partial charge in [-0.25, -0.2) is 4.79 Å². The Balaban J connectivity index is 2.43. The summed E-state index contributed by atoms with van der Waals surface area (Å²) >= 11 is 0. The summed E-state index contributed by atoms with van der Waals surface area (Å²) in [5.41, 5.74) is 0.738. The van der Waals surface area contributed by atoms with Crippen molar-refractivity contribution in [3.05, 3.63) is 23.8 Å². The monoisotopic (exact) mass is 358 g/mol. The number of carbonyl (C=O) groups excluding carboxylic acids is 2. The molecule has 1 amide bonds. The van der Waals surface area contributed by atoms with Gasteiger partial charge in [0, 0.05) is 25.3 Å². The van der Waals surface area contributed by atoms with E-state index in [2.05, 4.69) is 0 Å². The smallest absolute Gasteiger partial charge is 0.465 e. The maximum atomic E-state index is 12.6. The minimum absolute atomic E-state index is 0.0175. The van der Waals surface area contributed by atoms with Crippen molar-refractivity contribution >= 4 is 23.3 Å². The molecule has 1 fully saturated rings. The Morgan fingerprint density at radius 1 is 1.28 bits per heavy atom. The second kappa shape index (κ2) is 7.33. The first-order valence-corrected chi connectivity index (χ1v) is 8.00. The average Bonchev–Trinajstić information content (AvgIpc) is 2.59. The summed E-state index contributed by atoms with van der Waals surface area (Å²) in [5.74, 6) is -2.65. The van der Waals surface area contributed by atoms with E-state index >= 15 is 0 Å². The highest BCUT2D eigenvalue weighted by molar-refractivity contribution is 6.01. The minimum Gasteiger partial charge on any atom is -0.465 e. The third kappa shape index (κ3) is 4.05. The summed E-state index contributed by atoms with van der Waals surface area (Å²) in [6.07, 6.45) is -1.96. The van der Waals surface area contributed by atoms with Gasteiger partial charge in [-0.15, -0.1) is 0 Å². The molecule has 0 bridgehead atoms. The molecule has 1 aliphatic rings. The molecule has 0 unspecified atom stereocenters. The number of nitrogens with zero attached hydrogens (tertiary/aromatic N) is 2. The Morgan fingerprint density at radius 3 is 2.52 bits per heavy atom. The van der Waals surface area contributed by atoms with Crippen LogP contribution in [0.2, 0.25) is 0 Å². The van der Waals surface area contributed by atoms with Crippen molar-refractivity contribution in [1.82, 2.24) is 0 Å². The molecular formula is C17H21F3N2O3. The molecule has 25 heavy (non-hydrogen) atoms. The van der Waals surface area contributed by atoms with E-state index in [1.165, 1.54) is 19.2 Å². The van der Waals surface area contributed by atoms with Gasteiger partial charge < -0.3 is 14.5 Å². The van der Waals surface area contributed by atoms with Gasteiger partial charge in [0.2, 0.25) is 0 Å². The Morgan fingerprint density at radius 2 is 1.96 bits per heavy atom. The topological polar surface area (TPSA) is 49.9 Å². The van der Waals surface area contributed by atoms with Crippen molar-refractivity contribution in [2.24, 2.45) is 0 Å². The van der Waals surface area contributed by atoms with E-state index in [9.17, 15) is 22.8 Å². The Bertz CT molecular complexity index is 661. The highest BCUT2D eigenvalue weighted by atomic mass is 19.4. The van der Waals surface area contributed by atoms with Crippen LogP contribution in [0.3, 0.4) is 0 Å². The third-order valence-electron chi connectivity index (χ3n) is 4.43. The first kappa shape index (κ1) is 19.1. The zero-order valence-electron chi connectivity index (χ0n) is 14.4. The molecule has 138 valence electrons. The van der Waals surface area contributed by atoms with E-state index in [1.54, 1.807) is 6.07 Å². The predicted octanol–water partition coefficient (Wildman–Crippen LogP) is 3.38. The minimum atomic E-state index is -4.99. The number of methoxy groups -OCH3 is 1. The highest BCUT2D eigenvalue weighted by Gasteiger charge is 2.42. The first-order valence-electron chi connectivity index (χ1n) is 8.00. The second-order valence-electron chi connectivity index (χ2n) is 6.09. The van der Waals surface area contributed by atoms with Crippen molar-refractivity contribution in [3.8, 4) is 0 Å². The number of hydrogen-bond acceptors (Lipinski definition) is 4. The number of ether oxygens (including phenoxy) is 1. The average molecular weight is 358 g/mol. The van der Waals surface area contributed by atoms with E-state index in [0.29, 0.717) is 10.6 Å². The molecule has 0 aliphatic carbocycles. The molecule has 8 heteroatoms. The fourth-order valence-electron chi connectivity index (χ4n) is 3.02. The van der Waals surface area contributed by atoms with Crippen molar-refractivity contribution in [2.75, 3.05) is 30.5 Å². The summed E-state index contributed by atoms with van der Waals surface area (Å²) in [4.78, 5) is 26.1. The van der Waals surface area contributed by atoms with Crippen LogP contribution in [0.4, 0.5) is 24.5 Å². The molecule has 5 nitrogen and oxygen atoms in total. The van der Waals surface area contributed by atoms with Gasteiger partial charge >= 0.3 is 18.1 Å². The molecule has 0 saturated carbocycles. The number of alkyl halides is 3. The SMILES string of the molecule is COC(=O)c1cc(N(C)C(=O)C(F)(F)F)ccc1N1CCCC[C@H]1C. The summed E-state index contributed by atoms with van der Waals surface area (Å²) in [6.45, 7) is 2.79. The van der Waals surface area contributed by atoms with Crippen molar-refractivity contribution < 1.29 is 27.5 Å². The number of benzene rings is 1. The number of esters is 1. The fourth-order valence-corrected chi connectivity index (χ4v) is 3.02. The molecule has 1 heterocycles. The fraction of sp³-hybridized carbons (Fsp3) is 0.529. The van der Waals surface area contributed by atoms with Crippen molar-refractivity contribution in [2.45, 2.75) is 38.4 Å². The number of halogens is 3. The van der Waals surface area contributed by atoms with Crippen LogP contribution in [0.1, 0.15) is 36.5 Å². The van der Waals surface area contributed by atoms with Crippen LogP contribution >= 0.6 is 0 Å². The zero-order valence-corrected chi connectivity index (χ0v) is 14.4. The maximum Gasteiger partial charge on any atom is 0.471 e. The van der Waals surface area contributed by atoms with Gasteiger partial charge in [0.1, 0.15) is 0 Å². The predicted molar refractivity (Wildman–Crippen MR) is 87.9 cm³/mol. The molecule has 1 aliphatic heterocycles. The molecule has 1 saturated heterocycles. The van der Waals surface area contributed by atoms with Gasteiger partial charge in [0.25, 0.3) is 0 Å². The molecule has 0 radical (unpaired) electrons. The summed E-state index contributed by atoms with van der Waals surface area (Å²) in [6, 6.07) is 4.46. The molecule has 0 spiro atoms. The van der Waals surface area contributed by atoms with Crippen LogP contribution in [0.15, 0.2) is 18.2 Å². The molecule has 2 rings (SSSR count).